The van der Waals surface area contributed by atoms with Gasteiger partial charge in [-0.2, -0.15) is 0 Å². The van der Waals surface area contributed by atoms with Crippen molar-refractivity contribution in [2.24, 2.45) is 0 Å². The van der Waals surface area contributed by atoms with Crippen LogP contribution in [-0.2, 0) is 10.0 Å². The van der Waals surface area contributed by atoms with Crippen LogP contribution in [0.2, 0.25) is 0 Å². The number of hydrogen-bond donors (Lipinski definition) is 1. The van der Waals surface area contributed by atoms with Crippen LogP contribution in [0, 0.1) is 0 Å². The molecule has 0 fully saturated rings. The molecule has 0 aromatic carbocycles. The second-order valence-electron chi connectivity index (χ2n) is 2.21. The van der Waals surface area contributed by atoms with Crippen molar-refractivity contribution in [3.63, 3.8) is 0 Å². The van der Waals surface area contributed by atoms with E-state index >= 15 is 0 Å². The highest BCUT2D eigenvalue weighted by Gasteiger charge is 2.10. The van der Waals surface area contributed by atoms with Crippen molar-refractivity contribution in [3.8, 4) is 0 Å². The minimum absolute atomic E-state index is 0.01000. The van der Waals surface area contributed by atoms with Crippen LogP contribution in [0.4, 0.5) is 5.13 Å². The molecule has 74 valence electrons. The molecule has 13 heavy (non-hydrogen) atoms. The molecule has 0 aliphatic heterocycles. The zero-order valence-corrected chi connectivity index (χ0v) is 8.99. The maximum Gasteiger partial charge on any atom is 0.234 e. The van der Waals surface area contributed by atoms with Gasteiger partial charge in [-0.1, -0.05) is 11.3 Å². The Labute approximate surface area is 85.2 Å². The second kappa shape index (κ2) is 4.73. The molecule has 0 saturated carbocycles. The molecule has 0 amide bonds. The van der Waals surface area contributed by atoms with E-state index < -0.39 is 10.0 Å². The van der Waals surface area contributed by atoms with Gasteiger partial charge in [0.1, 0.15) is 5.51 Å². The molecule has 5 nitrogen and oxygen atoms in total. The summed E-state index contributed by atoms with van der Waals surface area (Å²) in [5, 5.41) is 7.34. The fourth-order valence-corrected chi connectivity index (χ4v) is 2.73. The summed E-state index contributed by atoms with van der Waals surface area (Å²) in [6.07, 6.45) is 0.426. The molecular weight excluding hydrogens is 234 g/mol. The van der Waals surface area contributed by atoms with E-state index in [9.17, 15) is 8.42 Å². The molecule has 1 rings (SSSR count). The van der Waals surface area contributed by atoms with Gasteiger partial charge >= 0.3 is 0 Å². The van der Waals surface area contributed by atoms with E-state index in [2.05, 4.69) is 14.9 Å². The van der Waals surface area contributed by atoms with Crippen LogP contribution in [0.3, 0.4) is 0 Å². The van der Waals surface area contributed by atoms with Crippen molar-refractivity contribution in [2.45, 2.75) is 6.42 Å². The third kappa shape index (κ3) is 3.88. The number of rotatable bonds is 5. The Bertz CT molecular complexity index is 337. The van der Waals surface area contributed by atoms with Crippen molar-refractivity contribution in [1.82, 2.24) is 10.2 Å². The van der Waals surface area contributed by atoms with Crippen molar-refractivity contribution in [2.75, 3.05) is 16.4 Å². The SMILES string of the molecule is O=S(=O)(CCCCl)Nc1nncs1. The topological polar surface area (TPSA) is 72.0 Å². The van der Waals surface area contributed by atoms with Crippen LogP contribution in [0.15, 0.2) is 5.51 Å². The van der Waals surface area contributed by atoms with E-state index in [4.69, 9.17) is 11.6 Å². The first-order chi connectivity index (χ1) is 6.14. The molecule has 1 aromatic rings. The van der Waals surface area contributed by atoms with E-state index in [1.165, 1.54) is 5.51 Å². The first-order valence-corrected chi connectivity index (χ1v) is 6.53. The summed E-state index contributed by atoms with van der Waals surface area (Å²) in [7, 11) is -3.29. The Hall–Kier alpha value is -0.400. The van der Waals surface area contributed by atoms with Crippen LogP contribution in [0.5, 0.6) is 0 Å². The number of sulfonamides is 1. The third-order valence-corrected chi connectivity index (χ3v) is 3.48. The minimum Gasteiger partial charge on any atom is -0.257 e. The third-order valence-electron chi connectivity index (χ3n) is 1.15. The molecule has 1 N–H and O–H groups in total. The van der Waals surface area contributed by atoms with Gasteiger partial charge in [-0.15, -0.1) is 21.8 Å². The summed E-state index contributed by atoms with van der Waals surface area (Å²) < 4.78 is 24.7. The molecule has 0 radical (unpaired) electrons. The zero-order chi connectivity index (χ0) is 9.73. The molecule has 1 aromatic heterocycles. The maximum atomic E-state index is 11.2. The van der Waals surface area contributed by atoms with E-state index in [1.807, 2.05) is 0 Å². The largest absolute Gasteiger partial charge is 0.257 e. The lowest BCUT2D eigenvalue weighted by Crippen LogP contribution is -2.16. The van der Waals surface area contributed by atoms with Crippen molar-refractivity contribution in [1.29, 1.82) is 0 Å². The summed E-state index contributed by atoms with van der Waals surface area (Å²) in [6.45, 7) is 0. The van der Waals surface area contributed by atoms with Crippen LogP contribution in [-0.4, -0.2) is 30.2 Å². The predicted molar refractivity (Wildman–Crippen MR) is 52.7 cm³/mol. The highest BCUT2D eigenvalue weighted by molar-refractivity contribution is 7.92. The molecule has 1 heterocycles. The number of anilines is 1. The number of alkyl halides is 1. The maximum absolute atomic E-state index is 11.2. The van der Waals surface area contributed by atoms with Gasteiger partial charge in [0, 0.05) is 5.88 Å². The predicted octanol–water partition coefficient (Wildman–Crippen LogP) is 0.909. The van der Waals surface area contributed by atoms with Crippen molar-refractivity contribution >= 4 is 38.1 Å². The summed E-state index contributed by atoms with van der Waals surface area (Å²) in [5.41, 5.74) is 1.46. The Morgan fingerprint density at radius 2 is 2.38 bits per heavy atom. The Morgan fingerprint density at radius 3 is 2.92 bits per heavy atom. The van der Waals surface area contributed by atoms with E-state index in [0.717, 1.165) is 11.3 Å². The first kappa shape index (κ1) is 10.7. The molecule has 0 saturated heterocycles. The number of nitrogens with zero attached hydrogens (tertiary/aromatic N) is 2. The van der Waals surface area contributed by atoms with Gasteiger partial charge in [0.15, 0.2) is 0 Å². The van der Waals surface area contributed by atoms with Crippen LogP contribution in [0.1, 0.15) is 6.42 Å². The van der Waals surface area contributed by atoms with Crippen LogP contribution in [0.25, 0.3) is 0 Å². The fraction of sp³-hybridized carbons (Fsp3) is 0.600. The molecule has 0 unspecified atom stereocenters. The number of nitrogens with one attached hydrogen (secondary N) is 1. The van der Waals surface area contributed by atoms with Crippen LogP contribution >= 0.6 is 22.9 Å². The smallest absolute Gasteiger partial charge is 0.234 e. The summed E-state index contributed by atoms with van der Waals surface area (Å²) >= 11 is 6.51. The van der Waals surface area contributed by atoms with Gasteiger partial charge < -0.3 is 0 Å². The molecular formula is C5H8ClN3O2S2. The second-order valence-corrected chi connectivity index (χ2v) is 5.26. The van der Waals surface area contributed by atoms with Gasteiger partial charge in [-0.25, -0.2) is 8.42 Å². The summed E-state index contributed by atoms with van der Waals surface area (Å²) in [5.74, 6) is 0.340. The van der Waals surface area contributed by atoms with Crippen LogP contribution < -0.4 is 4.72 Å². The highest BCUT2D eigenvalue weighted by atomic mass is 35.5. The normalized spacial score (nSPS) is 11.5. The first-order valence-electron chi connectivity index (χ1n) is 3.47. The van der Waals surface area contributed by atoms with Crippen molar-refractivity contribution in [3.05, 3.63) is 5.51 Å². The van der Waals surface area contributed by atoms with Gasteiger partial charge in [-0.05, 0) is 6.42 Å². The number of hydrogen-bond acceptors (Lipinski definition) is 5. The number of aromatic nitrogens is 2. The Morgan fingerprint density at radius 1 is 1.62 bits per heavy atom. The van der Waals surface area contributed by atoms with Gasteiger partial charge in [0.25, 0.3) is 0 Å². The molecule has 0 spiro atoms. The van der Waals surface area contributed by atoms with Gasteiger partial charge in [0.2, 0.25) is 15.2 Å². The molecule has 0 bridgehead atoms. The molecule has 8 heteroatoms. The monoisotopic (exact) mass is 241 g/mol. The lowest BCUT2D eigenvalue weighted by atomic mass is 10.6. The van der Waals surface area contributed by atoms with Gasteiger partial charge in [-0.3, -0.25) is 4.72 Å². The summed E-state index contributed by atoms with van der Waals surface area (Å²) in [4.78, 5) is 0. The Balaban J connectivity index is 2.53. The van der Waals surface area contributed by atoms with Gasteiger partial charge in [0.05, 0.1) is 5.75 Å². The lowest BCUT2D eigenvalue weighted by molar-refractivity contribution is 0.600. The highest BCUT2D eigenvalue weighted by Crippen LogP contribution is 2.10. The molecule has 0 aliphatic carbocycles. The van der Waals surface area contributed by atoms with E-state index in [1.54, 1.807) is 0 Å². The average molecular weight is 242 g/mol. The summed E-state index contributed by atoms with van der Waals surface area (Å²) in [6, 6.07) is 0. The zero-order valence-electron chi connectivity index (χ0n) is 6.60. The lowest BCUT2D eigenvalue weighted by Gasteiger charge is -2.01. The number of halogens is 1. The standard InChI is InChI=1S/C5H8ClN3O2S2/c6-2-1-3-13(10,11)9-5-8-7-4-12-5/h4H,1-3H2,(H,8,9). The minimum atomic E-state index is -3.29. The quantitative estimate of drug-likeness (QED) is 0.778. The van der Waals surface area contributed by atoms with E-state index in [0.29, 0.717) is 12.3 Å². The van der Waals surface area contributed by atoms with Crippen molar-refractivity contribution < 1.29 is 8.42 Å². The van der Waals surface area contributed by atoms with E-state index in [-0.39, 0.29) is 10.9 Å². The molecule has 0 atom stereocenters. The average Bonchev–Trinajstić information content (AvgIpc) is 2.52. The molecule has 0 aliphatic rings. The fourth-order valence-electron chi connectivity index (χ4n) is 0.646. The Kier molecular flexibility index (Phi) is 3.89.